The largest absolute Gasteiger partial charge is 0.466 e. The van der Waals surface area contributed by atoms with E-state index in [1.54, 1.807) is 13.1 Å². The van der Waals surface area contributed by atoms with Gasteiger partial charge in [0, 0.05) is 17.1 Å². The Morgan fingerprint density at radius 3 is 3.00 bits per heavy atom. The molecule has 0 aromatic carbocycles. The minimum Gasteiger partial charge on any atom is -0.466 e. The molecule has 88 valence electrons. The van der Waals surface area contributed by atoms with Crippen molar-refractivity contribution in [2.75, 3.05) is 6.61 Å². The summed E-state index contributed by atoms with van der Waals surface area (Å²) >= 11 is 1.49. The van der Waals surface area contributed by atoms with Gasteiger partial charge in [-0.3, -0.25) is 4.79 Å². The van der Waals surface area contributed by atoms with Crippen molar-refractivity contribution in [3.05, 3.63) is 18.0 Å². The zero-order chi connectivity index (χ0) is 12.0. The lowest BCUT2D eigenvalue weighted by molar-refractivity contribution is -0.142. The van der Waals surface area contributed by atoms with Gasteiger partial charge in [0.2, 0.25) is 0 Å². The van der Waals surface area contributed by atoms with Crippen molar-refractivity contribution >= 4 is 17.7 Å². The van der Waals surface area contributed by atoms with Crippen LogP contribution in [0.5, 0.6) is 0 Å². The van der Waals surface area contributed by atoms with Gasteiger partial charge in [0.25, 0.3) is 0 Å². The lowest BCUT2D eigenvalue weighted by Gasteiger charge is -2.09. The molecule has 0 aliphatic carbocycles. The summed E-state index contributed by atoms with van der Waals surface area (Å²) in [6.45, 7) is 6.12. The Morgan fingerprint density at radius 1 is 1.62 bits per heavy atom. The summed E-state index contributed by atoms with van der Waals surface area (Å²) in [5, 5.41) is 0.831. The molecule has 1 atom stereocenters. The second kappa shape index (κ2) is 6.48. The number of hydrogen-bond donors (Lipinski definition) is 0. The van der Waals surface area contributed by atoms with E-state index in [4.69, 9.17) is 4.74 Å². The van der Waals surface area contributed by atoms with E-state index in [9.17, 15) is 4.79 Å². The molecule has 0 radical (unpaired) electrons. The Bertz CT molecular complexity index is 358. The number of esters is 1. The van der Waals surface area contributed by atoms with Crippen LogP contribution in [0.15, 0.2) is 17.4 Å². The molecule has 16 heavy (non-hydrogen) atoms. The molecule has 1 unspecified atom stereocenters. The Hall–Kier alpha value is -1.10. The van der Waals surface area contributed by atoms with Gasteiger partial charge in [-0.15, -0.1) is 0 Å². The van der Waals surface area contributed by atoms with Crippen LogP contribution in [0.3, 0.4) is 0 Å². The van der Waals surface area contributed by atoms with Crippen molar-refractivity contribution in [1.82, 2.24) is 9.97 Å². The molecule has 1 aromatic heterocycles. The Labute approximate surface area is 99.8 Å². The average Bonchev–Trinajstić information content (AvgIpc) is 2.17. The molecule has 4 nitrogen and oxygen atoms in total. The summed E-state index contributed by atoms with van der Waals surface area (Å²) in [6, 6.07) is 1.85. The lowest BCUT2D eigenvalue weighted by Crippen LogP contribution is -2.11. The van der Waals surface area contributed by atoms with E-state index in [0.717, 1.165) is 5.69 Å². The van der Waals surface area contributed by atoms with Crippen LogP contribution in [0.2, 0.25) is 0 Å². The molecule has 5 heteroatoms. The first-order valence-electron chi connectivity index (χ1n) is 5.23. The summed E-state index contributed by atoms with van der Waals surface area (Å²) in [7, 11) is 0. The third kappa shape index (κ3) is 4.61. The van der Waals surface area contributed by atoms with E-state index in [1.807, 2.05) is 19.9 Å². The van der Waals surface area contributed by atoms with Gasteiger partial charge in [0.05, 0.1) is 13.0 Å². The van der Waals surface area contributed by atoms with Crippen molar-refractivity contribution in [2.45, 2.75) is 37.6 Å². The summed E-state index contributed by atoms with van der Waals surface area (Å²) in [5.74, 6) is -0.171. The van der Waals surface area contributed by atoms with Crippen LogP contribution in [0.1, 0.15) is 26.0 Å². The number of thioether (sulfide) groups is 1. The van der Waals surface area contributed by atoms with Crippen LogP contribution >= 0.6 is 11.8 Å². The number of carbonyl (C=O) groups excluding carboxylic acids is 1. The predicted molar refractivity (Wildman–Crippen MR) is 63.3 cm³/mol. The topological polar surface area (TPSA) is 52.1 Å². The van der Waals surface area contributed by atoms with Gasteiger partial charge in [0.1, 0.15) is 0 Å². The maximum absolute atomic E-state index is 11.2. The maximum Gasteiger partial charge on any atom is 0.306 e. The van der Waals surface area contributed by atoms with E-state index in [0.29, 0.717) is 18.2 Å². The molecule has 1 rings (SSSR count). The number of aryl methyl sites for hydroxylation is 1. The third-order valence-corrected chi connectivity index (χ3v) is 2.82. The van der Waals surface area contributed by atoms with E-state index in [1.165, 1.54) is 11.8 Å². The predicted octanol–water partition coefficient (Wildman–Crippen LogP) is 2.22. The van der Waals surface area contributed by atoms with Gasteiger partial charge in [-0.2, -0.15) is 0 Å². The Kier molecular flexibility index (Phi) is 5.25. The molecule has 0 aliphatic rings. The maximum atomic E-state index is 11.2. The molecule has 0 N–H and O–H groups in total. The van der Waals surface area contributed by atoms with Crippen LogP contribution in [0, 0.1) is 6.92 Å². The molecule has 0 fully saturated rings. The van der Waals surface area contributed by atoms with Crippen LogP contribution in [0.4, 0.5) is 0 Å². The fraction of sp³-hybridized carbons (Fsp3) is 0.545. The SMILES string of the molecule is CCOC(=O)CC(C)Sc1nccc(C)n1. The van der Waals surface area contributed by atoms with Crippen LogP contribution in [0.25, 0.3) is 0 Å². The minimum atomic E-state index is -0.171. The van der Waals surface area contributed by atoms with Crippen LogP contribution in [-0.4, -0.2) is 27.8 Å². The van der Waals surface area contributed by atoms with Crippen molar-refractivity contribution in [3.63, 3.8) is 0 Å². The molecule has 0 spiro atoms. The number of carbonyl (C=O) groups is 1. The summed E-state index contributed by atoms with van der Waals surface area (Å²) in [4.78, 5) is 19.6. The first-order chi connectivity index (χ1) is 7.61. The van der Waals surface area contributed by atoms with E-state index in [-0.39, 0.29) is 11.2 Å². The Balaban J connectivity index is 2.45. The van der Waals surface area contributed by atoms with Crippen molar-refractivity contribution in [3.8, 4) is 0 Å². The monoisotopic (exact) mass is 240 g/mol. The van der Waals surface area contributed by atoms with Gasteiger partial charge in [-0.05, 0) is 19.9 Å². The van der Waals surface area contributed by atoms with E-state index >= 15 is 0 Å². The van der Waals surface area contributed by atoms with Crippen molar-refractivity contribution < 1.29 is 9.53 Å². The van der Waals surface area contributed by atoms with E-state index < -0.39 is 0 Å². The molecule has 1 heterocycles. The number of aromatic nitrogens is 2. The number of rotatable bonds is 5. The second-order valence-electron chi connectivity index (χ2n) is 3.42. The summed E-state index contributed by atoms with van der Waals surface area (Å²) in [5.41, 5.74) is 0.931. The molecule has 0 saturated carbocycles. The first-order valence-corrected chi connectivity index (χ1v) is 6.11. The van der Waals surface area contributed by atoms with Gasteiger partial charge in [0.15, 0.2) is 5.16 Å². The summed E-state index contributed by atoms with van der Waals surface area (Å²) in [6.07, 6.45) is 2.11. The summed E-state index contributed by atoms with van der Waals surface area (Å²) < 4.78 is 4.88. The van der Waals surface area contributed by atoms with Crippen molar-refractivity contribution in [1.29, 1.82) is 0 Å². The average molecular weight is 240 g/mol. The van der Waals surface area contributed by atoms with Crippen LogP contribution in [-0.2, 0) is 9.53 Å². The highest BCUT2D eigenvalue weighted by atomic mass is 32.2. The highest BCUT2D eigenvalue weighted by Gasteiger charge is 2.12. The third-order valence-electron chi connectivity index (χ3n) is 1.84. The first kappa shape index (κ1) is 13.0. The van der Waals surface area contributed by atoms with Gasteiger partial charge in [-0.25, -0.2) is 9.97 Å². The molecule has 1 aromatic rings. The second-order valence-corrected chi connectivity index (χ2v) is 4.82. The molecule has 0 amide bonds. The minimum absolute atomic E-state index is 0.126. The highest BCUT2D eigenvalue weighted by molar-refractivity contribution is 7.99. The fourth-order valence-corrected chi connectivity index (χ4v) is 2.06. The van der Waals surface area contributed by atoms with Gasteiger partial charge >= 0.3 is 5.97 Å². The van der Waals surface area contributed by atoms with Crippen LogP contribution < -0.4 is 0 Å². The molecule has 0 aliphatic heterocycles. The lowest BCUT2D eigenvalue weighted by atomic mass is 10.3. The number of hydrogen-bond acceptors (Lipinski definition) is 5. The molecule has 0 bridgehead atoms. The number of ether oxygens (including phenoxy) is 1. The van der Waals surface area contributed by atoms with Crippen molar-refractivity contribution in [2.24, 2.45) is 0 Å². The van der Waals surface area contributed by atoms with Gasteiger partial charge < -0.3 is 4.74 Å². The molecule has 0 saturated heterocycles. The van der Waals surface area contributed by atoms with E-state index in [2.05, 4.69) is 9.97 Å². The zero-order valence-electron chi connectivity index (χ0n) is 9.77. The number of nitrogens with zero attached hydrogens (tertiary/aromatic N) is 2. The quantitative estimate of drug-likeness (QED) is 0.449. The molecular weight excluding hydrogens is 224 g/mol. The zero-order valence-corrected chi connectivity index (χ0v) is 10.6. The smallest absolute Gasteiger partial charge is 0.306 e. The normalized spacial score (nSPS) is 12.2. The standard InChI is InChI=1S/C11H16N2O2S/c1-4-15-10(14)7-9(3)16-11-12-6-5-8(2)13-11/h5-6,9H,4,7H2,1-3H3. The highest BCUT2D eigenvalue weighted by Crippen LogP contribution is 2.21. The Morgan fingerprint density at radius 2 is 2.38 bits per heavy atom. The van der Waals surface area contributed by atoms with Gasteiger partial charge in [-0.1, -0.05) is 18.7 Å². The fourth-order valence-electron chi connectivity index (χ4n) is 1.16. The molecular formula is C11H16N2O2S.